The van der Waals surface area contributed by atoms with Crippen molar-refractivity contribution in [1.29, 1.82) is 0 Å². The van der Waals surface area contributed by atoms with Gasteiger partial charge in [0.05, 0.1) is 16.1 Å². The van der Waals surface area contributed by atoms with Gasteiger partial charge in [0.15, 0.2) is 0 Å². The molecule has 0 aliphatic rings. The highest BCUT2D eigenvalue weighted by Gasteiger charge is 2.22. The Morgan fingerprint density at radius 3 is 2.40 bits per heavy atom. The predicted molar refractivity (Wildman–Crippen MR) is 87.4 cm³/mol. The van der Waals surface area contributed by atoms with Gasteiger partial charge in [0, 0.05) is 16.9 Å². The summed E-state index contributed by atoms with van der Waals surface area (Å²) in [6, 6.07) is 12.9. The second-order valence-corrected chi connectivity index (χ2v) is 6.25. The van der Waals surface area contributed by atoms with Crippen molar-refractivity contribution in [3.05, 3.63) is 68.1 Å². The first kappa shape index (κ1) is 15.8. The minimum absolute atomic E-state index is 0.204. The number of hydrogen-bond acceptors (Lipinski definition) is 2. The lowest BCUT2D eigenvalue weighted by molar-refractivity contribution is 0.147. The minimum atomic E-state index is -0.732. The molecule has 0 aromatic heterocycles. The molecule has 5 heteroatoms. The molecule has 0 saturated carbocycles. The van der Waals surface area contributed by atoms with Crippen LogP contribution in [-0.4, -0.2) is 11.7 Å². The maximum atomic E-state index is 10.5. The number of aliphatic hydroxyl groups is 1. The van der Waals surface area contributed by atoms with Gasteiger partial charge in [-0.1, -0.05) is 57.3 Å². The highest BCUT2D eigenvalue weighted by atomic mass is 79.9. The SMILES string of the molecule is NCC(c1cccc(Br)c1)C(O)c1ccc(Cl)c(Cl)c1. The van der Waals surface area contributed by atoms with Crippen LogP contribution in [-0.2, 0) is 0 Å². The molecule has 0 aliphatic carbocycles. The maximum absolute atomic E-state index is 10.5. The third-order valence-electron chi connectivity index (χ3n) is 3.20. The van der Waals surface area contributed by atoms with E-state index in [4.69, 9.17) is 28.9 Å². The van der Waals surface area contributed by atoms with Gasteiger partial charge in [-0.3, -0.25) is 0 Å². The zero-order valence-corrected chi connectivity index (χ0v) is 13.7. The summed E-state index contributed by atoms with van der Waals surface area (Å²) >= 11 is 15.3. The highest BCUT2D eigenvalue weighted by molar-refractivity contribution is 9.10. The molecule has 2 unspecified atom stereocenters. The van der Waals surface area contributed by atoms with Crippen LogP contribution in [0.2, 0.25) is 10.0 Å². The Balaban J connectivity index is 2.33. The lowest BCUT2D eigenvalue weighted by atomic mass is 9.89. The van der Waals surface area contributed by atoms with Crippen molar-refractivity contribution in [2.75, 3.05) is 6.54 Å². The molecule has 3 N–H and O–H groups in total. The topological polar surface area (TPSA) is 46.2 Å². The molecular weight excluding hydrogens is 361 g/mol. The van der Waals surface area contributed by atoms with Gasteiger partial charge in [0.1, 0.15) is 0 Å². The van der Waals surface area contributed by atoms with Gasteiger partial charge in [-0.2, -0.15) is 0 Å². The fraction of sp³-hybridized carbons (Fsp3) is 0.200. The van der Waals surface area contributed by atoms with Crippen LogP contribution in [0.4, 0.5) is 0 Å². The first-order chi connectivity index (χ1) is 9.52. The van der Waals surface area contributed by atoms with Crippen LogP contribution in [0.5, 0.6) is 0 Å². The molecule has 2 aromatic rings. The quantitative estimate of drug-likeness (QED) is 0.825. The first-order valence-corrected chi connectivity index (χ1v) is 7.66. The number of hydrogen-bond donors (Lipinski definition) is 2. The van der Waals surface area contributed by atoms with Crippen LogP contribution in [0.15, 0.2) is 46.9 Å². The van der Waals surface area contributed by atoms with E-state index in [0.717, 1.165) is 10.0 Å². The Morgan fingerprint density at radius 2 is 1.80 bits per heavy atom. The first-order valence-electron chi connectivity index (χ1n) is 6.11. The smallest absolute Gasteiger partial charge is 0.0871 e. The molecule has 2 rings (SSSR count). The van der Waals surface area contributed by atoms with Crippen molar-refractivity contribution in [3.63, 3.8) is 0 Å². The van der Waals surface area contributed by atoms with Gasteiger partial charge in [0.2, 0.25) is 0 Å². The van der Waals surface area contributed by atoms with E-state index in [1.54, 1.807) is 18.2 Å². The second-order valence-electron chi connectivity index (χ2n) is 4.52. The third kappa shape index (κ3) is 3.54. The average molecular weight is 375 g/mol. The summed E-state index contributed by atoms with van der Waals surface area (Å²) in [5, 5.41) is 11.4. The summed E-state index contributed by atoms with van der Waals surface area (Å²) in [6.07, 6.45) is -0.732. The van der Waals surface area contributed by atoms with E-state index in [9.17, 15) is 5.11 Å². The standard InChI is InChI=1S/C15H14BrCl2NO/c16-11-3-1-2-9(6-11)12(8-19)15(20)10-4-5-13(17)14(18)7-10/h1-7,12,15,20H,8,19H2. The van der Waals surface area contributed by atoms with Gasteiger partial charge in [-0.15, -0.1) is 0 Å². The van der Waals surface area contributed by atoms with E-state index in [0.29, 0.717) is 22.2 Å². The van der Waals surface area contributed by atoms with Crippen molar-refractivity contribution in [2.24, 2.45) is 5.73 Å². The molecule has 20 heavy (non-hydrogen) atoms. The molecule has 2 nitrogen and oxygen atoms in total. The number of nitrogens with two attached hydrogens (primary N) is 1. The molecule has 0 radical (unpaired) electrons. The fourth-order valence-electron chi connectivity index (χ4n) is 2.11. The highest BCUT2D eigenvalue weighted by Crippen LogP contribution is 2.34. The molecule has 0 bridgehead atoms. The Bertz CT molecular complexity index is 606. The number of halogens is 3. The van der Waals surface area contributed by atoms with E-state index >= 15 is 0 Å². The number of rotatable bonds is 4. The van der Waals surface area contributed by atoms with Crippen LogP contribution in [0.3, 0.4) is 0 Å². The Hall–Kier alpha value is -0.580. The summed E-state index contributed by atoms with van der Waals surface area (Å²) in [4.78, 5) is 0. The third-order valence-corrected chi connectivity index (χ3v) is 4.43. The average Bonchev–Trinajstić information content (AvgIpc) is 2.42. The molecule has 0 fully saturated rings. The van der Waals surface area contributed by atoms with Crippen molar-refractivity contribution in [1.82, 2.24) is 0 Å². The van der Waals surface area contributed by atoms with Crippen LogP contribution in [0.1, 0.15) is 23.1 Å². The summed E-state index contributed by atoms with van der Waals surface area (Å²) in [6.45, 7) is 0.331. The number of benzene rings is 2. The van der Waals surface area contributed by atoms with E-state index in [1.807, 2.05) is 24.3 Å². The Labute approximate surface area is 136 Å². The zero-order valence-electron chi connectivity index (χ0n) is 10.6. The van der Waals surface area contributed by atoms with Crippen molar-refractivity contribution < 1.29 is 5.11 Å². The summed E-state index contributed by atoms with van der Waals surface area (Å²) < 4.78 is 0.954. The monoisotopic (exact) mass is 373 g/mol. The molecular formula is C15H14BrCl2NO. The molecule has 0 spiro atoms. The number of aliphatic hydroxyl groups excluding tert-OH is 1. The molecule has 0 amide bonds. The van der Waals surface area contributed by atoms with Crippen molar-refractivity contribution in [2.45, 2.75) is 12.0 Å². The summed E-state index contributed by atoms with van der Waals surface area (Å²) in [5.41, 5.74) is 7.50. The lowest BCUT2D eigenvalue weighted by Gasteiger charge is -2.23. The van der Waals surface area contributed by atoms with Gasteiger partial charge in [0.25, 0.3) is 0 Å². The van der Waals surface area contributed by atoms with Gasteiger partial charge in [-0.05, 0) is 35.4 Å². The lowest BCUT2D eigenvalue weighted by Crippen LogP contribution is -2.20. The van der Waals surface area contributed by atoms with Crippen LogP contribution < -0.4 is 5.73 Å². The van der Waals surface area contributed by atoms with Crippen LogP contribution in [0.25, 0.3) is 0 Å². The van der Waals surface area contributed by atoms with E-state index in [-0.39, 0.29) is 5.92 Å². The molecule has 0 heterocycles. The predicted octanol–water partition coefficient (Wildman–Crippen LogP) is 4.53. The molecule has 0 aliphatic heterocycles. The van der Waals surface area contributed by atoms with E-state index in [1.165, 1.54) is 0 Å². The van der Waals surface area contributed by atoms with Crippen LogP contribution >= 0.6 is 39.1 Å². The summed E-state index contributed by atoms with van der Waals surface area (Å²) in [5.74, 6) is -0.204. The molecule has 0 saturated heterocycles. The largest absolute Gasteiger partial charge is 0.388 e. The molecule has 2 aromatic carbocycles. The fourth-order valence-corrected chi connectivity index (χ4v) is 2.84. The van der Waals surface area contributed by atoms with E-state index in [2.05, 4.69) is 15.9 Å². The zero-order chi connectivity index (χ0) is 14.7. The van der Waals surface area contributed by atoms with Crippen molar-refractivity contribution in [3.8, 4) is 0 Å². The second kappa shape index (κ2) is 6.92. The van der Waals surface area contributed by atoms with Crippen molar-refractivity contribution >= 4 is 39.1 Å². The molecule has 106 valence electrons. The summed E-state index contributed by atoms with van der Waals surface area (Å²) in [7, 11) is 0. The van der Waals surface area contributed by atoms with Gasteiger partial charge in [-0.25, -0.2) is 0 Å². The Morgan fingerprint density at radius 1 is 1.05 bits per heavy atom. The normalized spacial score (nSPS) is 14.1. The van der Waals surface area contributed by atoms with Gasteiger partial charge >= 0.3 is 0 Å². The van der Waals surface area contributed by atoms with E-state index < -0.39 is 6.10 Å². The van der Waals surface area contributed by atoms with Crippen LogP contribution in [0, 0.1) is 0 Å². The molecule has 2 atom stereocenters. The minimum Gasteiger partial charge on any atom is -0.388 e. The maximum Gasteiger partial charge on any atom is 0.0871 e. The van der Waals surface area contributed by atoms with Gasteiger partial charge < -0.3 is 10.8 Å². The Kier molecular flexibility index (Phi) is 5.47.